The van der Waals surface area contributed by atoms with Gasteiger partial charge in [0.1, 0.15) is 0 Å². The number of carbonyl (C=O) groups is 1. The number of unbranched alkanes of at least 4 members (excludes halogenated alkanes) is 1. The number of nitrogens with one attached hydrogen (secondary N) is 1. The molecule has 210 valence electrons. The zero-order valence-electron chi connectivity index (χ0n) is 22.6. The Morgan fingerprint density at radius 1 is 1.19 bits per heavy atom. The van der Waals surface area contributed by atoms with Gasteiger partial charge in [-0.15, -0.1) is 0 Å². The highest BCUT2D eigenvalue weighted by Gasteiger charge is 2.43. The van der Waals surface area contributed by atoms with Crippen molar-refractivity contribution in [3.8, 4) is 0 Å². The maximum absolute atomic E-state index is 14.9. The number of rotatable bonds is 13. The summed E-state index contributed by atoms with van der Waals surface area (Å²) in [6, 6.07) is 3.94. The van der Waals surface area contributed by atoms with Gasteiger partial charge >= 0.3 is 0 Å². The molecule has 1 heterocycles. The molecule has 3 N–H and O–H groups in total. The summed E-state index contributed by atoms with van der Waals surface area (Å²) < 4.78 is 34.2. The van der Waals surface area contributed by atoms with E-state index in [0.717, 1.165) is 31.7 Å². The van der Waals surface area contributed by atoms with Crippen molar-refractivity contribution in [1.82, 2.24) is 10.2 Å². The van der Waals surface area contributed by atoms with E-state index >= 15 is 0 Å². The zero-order chi connectivity index (χ0) is 26.8. The number of hydrogen-bond acceptors (Lipinski definition) is 5. The van der Waals surface area contributed by atoms with Crippen molar-refractivity contribution in [2.75, 3.05) is 40.4 Å². The maximum atomic E-state index is 14.9. The molecule has 1 aromatic rings. The van der Waals surface area contributed by atoms with Crippen LogP contribution in [-0.4, -0.2) is 67.5 Å². The molecule has 2 fully saturated rings. The molecule has 1 saturated carbocycles. The van der Waals surface area contributed by atoms with Gasteiger partial charge in [0.05, 0.1) is 11.7 Å². The highest BCUT2D eigenvalue weighted by Crippen LogP contribution is 2.41. The smallest absolute Gasteiger partial charge is 0.223 e. The van der Waals surface area contributed by atoms with E-state index in [1.54, 1.807) is 12.0 Å². The largest absolute Gasteiger partial charge is 0.392 e. The van der Waals surface area contributed by atoms with E-state index in [4.69, 9.17) is 4.74 Å². The number of aliphatic hydroxyl groups excluding tert-OH is 1. The van der Waals surface area contributed by atoms with Gasteiger partial charge in [0, 0.05) is 57.2 Å². The molecule has 0 unspecified atom stereocenters. The van der Waals surface area contributed by atoms with Gasteiger partial charge in [-0.25, -0.2) is 8.78 Å². The minimum Gasteiger partial charge on any atom is -0.392 e. The Morgan fingerprint density at radius 3 is 2.65 bits per heavy atom. The molecule has 1 aliphatic heterocycles. The standard InChI is InChI=1S/C29H46F2N2O4/c1-32-19-22(28(35)21-10-4-3-5-11-21)18-26(34)33-16-9-12-23(20-33)29(36,15-6-7-17-37-2)24-13-8-14-25(30)27(24)31/h8,13-14,21-23,28,32,35-36H,3-7,9-12,15-20H2,1-2H3/t22-,23-,28+,29+/m1/s1. The molecule has 0 bridgehead atoms. The number of nitrogens with zero attached hydrogens (tertiary/aromatic N) is 1. The van der Waals surface area contributed by atoms with Crippen molar-refractivity contribution in [2.45, 2.75) is 82.3 Å². The second-order valence-corrected chi connectivity index (χ2v) is 11.1. The van der Waals surface area contributed by atoms with E-state index in [-0.39, 0.29) is 42.7 Å². The van der Waals surface area contributed by atoms with E-state index in [2.05, 4.69) is 5.32 Å². The van der Waals surface area contributed by atoms with E-state index in [1.165, 1.54) is 18.6 Å². The fourth-order valence-corrected chi connectivity index (χ4v) is 6.42. The molecule has 37 heavy (non-hydrogen) atoms. The van der Waals surface area contributed by atoms with Crippen LogP contribution in [0.5, 0.6) is 0 Å². The van der Waals surface area contributed by atoms with Crippen molar-refractivity contribution < 1.29 is 28.5 Å². The van der Waals surface area contributed by atoms with Crippen molar-refractivity contribution in [3.05, 3.63) is 35.4 Å². The molecule has 1 aliphatic carbocycles. The van der Waals surface area contributed by atoms with Crippen LogP contribution in [-0.2, 0) is 15.1 Å². The first kappa shape index (κ1) is 29.9. The Bertz CT molecular complexity index is 851. The molecular weight excluding hydrogens is 478 g/mol. The van der Waals surface area contributed by atoms with Crippen molar-refractivity contribution >= 4 is 5.91 Å². The molecule has 2 aliphatic rings. The number of amides is 1. The van der Waals surface area contributed by atoms with Gasteiger partial charge in [0.15, 0.2) is 11.6 Å². The Hall–Kier alpha value is -1.61. The number of benzene rings is 1. The molecule has 6 nitrogen and oxygen atoms in total. The topological polar surface area (TPSA) is 82.0 Å². The molecule has 0 aromatic heterocycles. The maximum Gasteiger partial charge on any atom is 0.223 e. The highest BCUT2D eigenvalue weighted by molar-refractivity contribution is 5.76. The van der Waals surface area contributed by atoms with Gasteiger partial charge in [0.2, 0.25) is 5.91 Å². The Labute approximate surface area is 220 Å². The van der Waals surface area contributed by atoms with E-state index in [9.17, 15) is 23.8 Å². The van der Waals surface area contributed by atoms with Gasteiger partial charge < -0.3 is 25.2 Å². The van der Waals surface area contributed by atoms with Gasteiger partial charge in [0.25, 0.3) is 0 Å². The fourth-order valence-electron chi connectivity index (χ4n) is 6.42. The summed E-state index contributed by atoms with van der Waals surface area (Å²) in [7, 11) is 3.44. The number of ether oxygens (including phenoxy) is 1. The van der Waals surface area contributed by atoms with Crippen LogP contribution in [0.4, 0.5) is 8.78 Å². The summed E-state index contributed by atoms with van der Waals surface area (Å²) in [5, 5.41) is 26.1. The summed E-state index contributed by atoms with van der Waals surface area (Å²) in [5.41, 5.74) is -1.63. The number of carbonyl (C=O) groups excluding carboxylic acids is 1. The monoisotopic (exact) mass is 524 g/mol. The van der Waals surface area contributed by atoms with Gasteiger partial charge in [-0.05, 0) is 64.0 Å². The lowest BCUT2D eigenvalue weighted by Gasteiger charge is -2.43. The predicted molar refractivity (Wildman–Crippen MR) is 140 cm³/mol. The minimum atomic E-state index is -1.59. The SMILES string of the molecule is CNC[C@@H](CC(=O)N1CCC[C@@H]([C@@](O)(CCCCOC)c2cccc(F)c2F)C1)[C@@H](O)C1CCCCC1. The molecule has 3 rings (SSSR count). The summed E-state index contributed by atoms with van der Waals surface area (Å²) in [4.78, 5) is 15.2. The first-order valence-electron chi connectivity index (χ1n) is 14.1. The molecular formula is C29H46F2N2O4. The molecule has 1 saturated heterocycles. The van der Waals surface area contributed by atoms with E-state index < -0.39 is 29.3 Å². The Balaban J connectivity index is 1.75. The third kappa shape index (κ3) is 7.71. The molecule has 8 heteroatoms. The first-order chi connectivity index (χ1) is 17.8. The van der Waals surface area contributed by atoms with Crippen molar-refractivity contribution in [1.29, 1.82) is 0 Å². The summed E-state index contributed by atoms with van der Waals surface area (Å²) in [6.07, 6.45) is 7.96. The van der Waals surface area contributed by atoms with Crippen molar-refractivity contribution in [2.24, 2.45) is 17.8 Å². The number of halogens is 2. The van der Waals surface area contributed by atoms with Crippen LogP contribution in [0.1, 0.15) is 76.2 Å². The molecule has 1 amide bonds. The van der Waals surface area contributed by atoms with E-state index in [0.29, 0.717) is 45.4 Å². The van der Waals surface area contributed by atoms with Gasteiger partial charge in [-0.3, -0.25) is 4.79 Å². The molecule has 4 atom stereocenters. The Morgan fingerprint density at radius 2 is 1.95 bits per heavy atom. The number of methoxy groups -OCH3 is 1. The van der Waals surface area contributed by atoms with E-state index in [1.807, 2.05) is 7.05 Å². The fraction of sp³-hybridized carbons (Fsp3) is 0.759. The average Bonchev–Trinajstić information content (AvgIpc) is 2.92. The number of piperidine rings is 1. The van der Waals surface area contributed by atoms with Gasteiger partial charge in [-0.1, -0.05) is 31.4 Å². The summed E-state index contributed by atoms with van der Waals surface area (Å²) >= 11 is 0. The average molecular weight is 525 g/mol. The normalized spacial score (nSPS) is 22.4. The quantitative estimate of drug-likeness (QED) is 0.334. The zero-order valence-corrected chi connectivity index (χ0v) is 22.6. The Kier molecular flexibility index (Phi) is 11.7. The van der Waals surface area contributed by atoms with Crippen LogP contribution in [0.3, 0.4) is 0 Å². The number of aliphatic hydroxyl groups is 2. The lowest BCUT2D eigenvalue weighted by atomic mass is 9.73. The highest BCUT2D eigenvalue weighted by atomic mass is 19.2. The third-order valence-electron chi connectivity index (χ3n) is 8.54. The second kappa shape index (κ2) is 14.5. The number of likely N-dealkylation sites (tertiary alicyclic amines) is 1. The molecule has 1 aromatic carbocycles. The molecule has 0 radical (unpaired) electrons. The van der Waals surface area contributed by atoms with Crippen LogP contribution < -0.4 is 5.32 Å². The minimum absolute atomic E-state index is 0.0370. The van der Waals surface area contributed by atoms with Crippen LogP contribution in [0.15, 0.2) is 18.2 Å². The van der Waals surface area contributed by atoms with Crippen molar-refractivity contribution in [3.63, 3.8) is 0 Å². The van der Waals surface area contributed by atoms with Crippen LogP contribution in [0, 0.1) is 29.4 Å². The van der Waals surface area contributed by atoms with Crippen LogP contribution >= 0.6 is 0 Å². The predicted octanol–water partition coefficient (Wildman–Crippen LogP) is 4.37. The van der Waals surface area contributed by atoms with Crippen LogP contribution in [0.25, 0.3) is 0 Å². The van der Waals surface area contributed by atoms with Gasteiger partial charge in [-0.2, -0.15) is 0 Å². The number of hydrogen-bond donors (Lipinski definition) is 3. The first-order valence-corrected chi connectivity index (χ1v) is 14.1. The summed E-state index contributed by atoms with van der Waals surface area (Å²) in [5.74, 6) is -2.44. The second-order valence-electron chi connectivity index (χ2n) is 11.1. The lowest BCUT2D eigenvalue weighted by molar-refractivity contribution is -0.139. The van der Waals surface area contributed by atoms with Crippen LogP contribution in [0.2, 0.25) is 0 Å². The lowest BCUT2D eigenvalue weighted by Crippen LogP contribution is -2.49. The summed E-state index contributed by atoms with van der Waals surface area (Å²) in [6.45, 7) is 1.92. The third-order valence-corrected chi connectivity index (χ3v) is 8.54. The molecule has 0 spiro atoms.